The minimum Gasteiger partial charge on any atom is -0.373 e. The van der Waals surface area contributed by atoms with Crippen molar-refractivity contribution in [2.75, 3.05) is 45.2 Å². The number of para-hydroxylation sites is 1. The molecule has 0 saturated carbocycles. The number of hydrogen-bond acceptors (Lipinski definition) is 7. The summed E-state index contributed by atoms with van der Waals surface area (Å²) in [7, 11) is 0.181. The Kier molecular flexibility index (Phi) is 9.37. The number of hydrogen-bond donors (Lipinski definition) is 0. The minimum absolute atomic E-state index is 0. The summed E-state index contributed by atoms with van der Waals surface area (Å²) in [5.41, 5.74) is 1.05. The number of rotatable bonds is 7. The van der Waals surface area contributed by atoms with E-state index < -0.39 is 10.0 Å². The van der Waals surface area contributed by atoms with E-state index >= 15 is 0 Å². The molecule has 0 aliphatic carbocycles. The van der Waals surface area contributed by atoms with Crippen LogP contribution >= 0.6 is 35.3 Å². The molecule has 1 aliphatic heterocycles. The van der Waals surface area contributed by atoms with Crippen LogP contribution in [0.2, 0.25) is 5.02 Å². The molecule has 1 aliphatic rings. The molecule has 0 spiro atoms. The van der Waals surface area contributed by atoms with Gasteiger partial charge in [-0.3, -0.25) is 9.69 Å². The molecule has 2 heterocycles. The number of benzene rings is 2. The predicted molar refractivity (Wildman–Crippen MR) is 147 cm³/mol. The third-order valence-corrected chi connectivity index (χ3v) is 8.92. The van der Waals surface area contributed by atoms with E-state index in [1.807, 2.05) is 45.0 Å². The maximum atomic E-state index is 13.5. The number of amides is 1. The first-order valence-corrected chi connectivity index (χ1v) is 14.0. The van der Waals surface area contributed by atoms with Crippen molar-refractivity contribution in [1.29, 1.82) is 0 Å². The summed E-state index contributed by atoms with van der Waals surface area (Å²) in [4.78, 5) is 21.9. The lowest BCUT2D eigenvalue weighted by Crippen LogP contribution is -2.48. The molecule has 1 fully saturated rings. The summed E-state index contributed by atoms with van der Waals surface area (Å²) in [5.74, 6) is -0.250. The van der Waals surface area contributed by atoms with Crippen LogP contribution in [0.3, 0.4) is 0 Å². The van der Waals surface area contributed by atoms with E-state index in [4.69, 9.17) is 16.3 Å². The zero-order valence-electron chi connectivity index (χ0n) is 20.5. The van der Waals surface area contributed by atoms with Gasteiger partial charge < -0.3 is 9.64 Å². The van der Waals surface area contributed by atoms with Gasteiger partial charge in [0.15, 0.2) is 5.13 Å². The largest absolute Gasteiger partial charge is 0.373 e. The summed E-state index contributed by atoms with van der Waals surface area (Å²) in [6.45, 7) is 5.37. The van der Waals surface area contributed by atoms with E-state index in [1.165, 1.54) is 27.8 Å². The quantitative estimate of drug-likeness (QED) is 0.418. The Hall–Kier alpha value is -1.79. The summed E-state index contributed by atoms with van der Waals surface area (Å²) < 4.78 is 34.3. The number of aromatic nitrogens is 1. The van der Waals surface area contributed by atoms with Crippen LogP contribution in [-0.2, 0) is 14.8 Å². The van der Waals surface area contributed by atoms with Crippen LogP contribution < -0.4 is 4.90 Å². The van der Waals surface area contributed by atoms with Crippen LogP contribution in [0.15, 0.2) is 47.4 Å². The Bertz CT molecular complexity index is 1310. The molecule has 8 nitrogen and oxygen atoms in total. The molecule has 12 heteroatoms. The van der Waals surface area contributed by atoms with E-state index in [2.05, 4.69) is 4.98 Å². The van der Waals surface area contributed by atoms with E-state index in [9.17, 15) is 13.2 Å². The lowest BCUT2D eigenvalue weighted by Gasteiger charge is -2.34. The molecule has 0 bridgehead atoms. The lowest BCUT2D eigenvalue weighted by molar-refractivity contribution is -0.0440. The third-order valence-electron chi connectivity index (χ3n) is 5.73. The predicted octanol–water partition coefficient (Wildman–Crippen LogP) is 4.38. The second-order valence-electron chi connectivity index (χ2n) is 8.95. The smallest absolute Gasteiger partial charge is 0.260 e. The maximum absolute atomic E-state index is 13.5. The molecule has 36 heavy (non-hydrogen) atoms. The fourth-order valence-corrected chi connectivity index (χ4v) is 6.88. The van der Waals surface area contributed by atoms with Gasteiger partial charge in [0.2, 0.25) is 10.0 Å². The lowest BCUT2D eigenvalue weighted by atomic mass is 10.2. The number of halogens is 2. The van der Waals surface area contributed by atoms with Crippen LogP contribution in [0.1, 0.15) is 24.2 Å². The fraction of sp³-hybridized carbons (Fsp3) is 0.417. The van der Waals surface area contributed by atoms with E-state index in [0.29, 0.717) is 47.4 Å². The number of anilines is 1. The first-order valence-electron chi connectivity index (χ1n) is 11.3. The van der Waals surface area contributed by atoms with Crippen LogP contribution in [-0.4, -0.2) is 81.0 Å². The van der Waals surface area contributed by atoms with Crippen LogP contribution in [0, 0.1) is 0 Å². The van der Waals surface area contributed by atoms with Crippen molar-refractivity contribution in [2.45, 2.75) is 31.0 Å². The number of likely N-dealkylation sites (N-methyl/N-ethyl adjacent to an activating group) is 1. The van der Waals surface area contributed by atoms with Crippen molar-refractivity contribution in [3.8, 4) is 0 Å². The third kappa shape index (κ3) is 6.19. The van der Waals surface area contributed by atoms with Gasteiger partial charge in [-0.25, -0.2) is 13.4 Å². The van der Waals surface area contributed by atoms with E-state index in [-0.39, 0.29) is 35.4 Å². The zero-order chi connectivity index (χ0) is 25.3. The Balaban J connectivity index is 0.00000361. The van der Waals surface area contributed by atoms with Crippen molar-refractivity contribution in [3.63, 3.8) is 0 Å². The first kappa shape index (κ1) is 28.8. The Morgan fingerprint density at radius 3 is 2.33 bits per heavy atom. The molecule has 3 aromatic rings. The summed E-state index contributed by atoms with van der Waals surface area (Å²) in [5, 5.41) is 1.08. The molecule has 0 N–H and O–H groups in total. The summed E-state index contributed by atoms with van der Waals surface area (Å²) in [6, 6.07) is 11.7. The van der Waals surface area contributed by atoms with E-state index in [1.54, 1.807) is 23.1 Å². The Labute approximate surface area is 227 Å². The topological polar surface area (TPSA) is 83.1 Å². The SMILES string of the molecule is CC1CN(S(=O)(=O)c2ccc(C(=O)N(CCN(C)C)c3nc4c(Cl)cccc4s3)cc2)CC(C)O1.Cl. The Morgan fingerprint density at radius 2 is 1.75 bits per heavy atom. The fourth-order valence-electron chi connectivity index (χ4n) is 4.00. The average Bonchev–Trinajstić information content (AvgIpc) is 3.24. The zero-order valence-corrected chi connectivity index (χ0v) is 23.8. The van der Waals surface area contributed by atoms with Gasteiger partial charge in [0.25, 0.3) is 5.91 Å². The van der Waals surface area contributed by atoms with E-state index in [0.717, 1.165) is 4.70 Å². The Morgan fingerprint density at radius 1 is 1.11 bits per heavy atom. The summed E-state index contributed by atoms with van der Waals surface area (Å²) in [6.07, 6.45) is -0.358. The van der Waals surface area contributed by atoms with Crippen molar-refractivity contribution >= 4 is 66.6 Å². The summed E-state index contributed by atoms with van der Waals surface area (Å²) >= 11 is 7.70. The van der Waals surface area contributed by atoms with Crippen molar-refractivity contribution in [3.05, 3.63) is 53.1 Å². The van der Waals surface area contributed by atoms with Gasteiger partial charge >= 0.3 is 0 Å². The van der Waals surface area contributed by atoms with Gasteiger partial charge in [-0.1, -0.05) is 29.0 Å². The second kappa shape index (κ2) is 11.7. The number of ether oxygens (including phenoxy) is 1. The average molecular weight is 574 g/mol. The van der Waals surface area contributed by atoms with Crippen LogP contribution in [0.4, 0.5) is 5.13 Å². The van der Waals surface area contributed by atoms with Gasteiger partial charge in [-0.2, -0.15) is 4.31 Å². The van der Waals surface area contributed by atoms with Crippen LogP contribution in [0.5, 0.6) is 0 Å². The first-order chi connectivity index (χ1) is 16.6. The molecule has 1 aromatic heterocycles. The van der Waals surface area contributed by atoms with Crippen molar-refractivity contribution in [2.24, 2.45) is 0 Å². The van der Waals surface area contributed by atoms with Gasteiger partial charge in [-0.05, 0) is 64.3 Å². The molecular formula is C24H30Cl2N4O4S2. The standard InChI is InChI=1S/C24H29ClN4O4S2.ClH/c1-16-14-28(15-17(2)33-16)35(31,32)19-10-8-18(9-11-19)23(30)29(13-12-27(3)4)24-26-22-20(25)6-5-7-21(22)34-24;/h5-11,16-17H,12-15H2,1-4H3;1H. The number of morpholine rings is 1. The normalized spacial score (nSPS) is 18.8. The molecule has 0 radical (unpaired) electrons. The highest BCUT2D eigenvalue weighted by molar-refractivity contribution is 7.89. The van der Waals surface area contributed by atoms with Crippen molar-refractivity contribution in [1.82, 2.24) is 14.2 Å². The molecule has 2 aromatic carbocycles. The minimum atomic E-state index is -3.69. The highest BCUT2D eigenvalue weighted by Gasteiger charge is 2.32. The number of nitrogens with zero attached hydrogens (tertiary/aromatic N) is 4. The highest BCUT2D eigenvalue weighted by atomic mass is 35.5. The van der Waals surface area contributed by atoms with Crippen LogP contribution in [0.25, 0.3) is 10.2 Å². The second-order valence-corrected chi connectivity index (χ2v) is 12.3. The molecule has 1 saturated heterocycles. The molecule has 196 valence electrons. The molecule has 4 rings (SSSR count). The van der Waals surface area contributed by atoms with Crippen molar-refractivity contribution < 1.29 is 17.9 Å². The number of carbonyl (C=O) groups is 1. The van der Waals surface area contributed by atoms with Gasteiger partial charge in [0, 0.05) is 31.7 Å². The van der Waals surface area contributed by atoms with Gasteiger partial charge in [0.1, 0.15) is 5.52 Å². The maximum Gasteiger partial charge on any atom is 0.260 e. The molecule has 2 atom stereocenters. The number of carbonyl (C=O) groups excluding carboxylic acids is 1. The molecular weight excluding hydrogens is 543 g/mol. The molecule has 2 unspecified atom stereocenters. The molecule has 1 amide bonds. The number of sulfonamides is 1. The monoisotopic (exact) mass is 572 g/mol. The van der Waals surface area contributed by atoms with Gasteiger partial charge in [0.05, 0.1) is 26.8 Å². The highest BCUT2D eigenvalue weighted by Crippen LogP contribution is 2.33. The number of thiazole rings is 1. The van der Waals surface area contributed by atoms with Gasteiger partial charge in [-0.15, -0.1) is 12.4 Å². The number of fused-ring (bicyclic) bond motifs is 1.